The number of ether oxygens (including phenoxy) is 1. The van der Waals surface area contributed by atoms with Gasteiger partial charge in [0.1, 0.15) is 0 Å². The number of morpholine rings is 1. The van der Waals surface area contributed by atoms with Crippen LogP contribution in [0.5, 0.6) is 0 Å². The smallest absolute Gasteiger partial charge is 0.305 e. The van der Waals surface area contributed by atoms with Gasteiger partial charge in [0.2, 0.25) is 5.91 Å². The van der Waals surface area contributed by atoms with E-state index in [0.717, 1.165) is 5.56 Å². The molecule has 2 rings (SSSR count). The van der Waals surface area contributed by atoms with Crippen molar-refractivity contribution in [1.82, 2.24) is 4.90 Å². The molecule has 0 aliphatic carbocycles. The van der Waals surface area contributed by atoms with Crippen molar-refractivity contribution < 1.29 is 27.9 Å². The number of hydrogen-bond donors (Lipinski definition) is 1. The molecule has 1 heterocycles. The van der Waals surface area contributed by atoms with Gasteiger partial charge in [0, 0.05) is 13.0 Å². The monoisotopic (exact) mass is 369 g/mol. The topological polar surface area (TPSA) is 101 Å². The summed E-state index contributed by atoms with van der Waals surface area (Å²) in [5, 5.41) is 8.94. The van der Waals surface area contributed by atoms with Crippen LogP contribution in [0.15, 0.2) is 29.2 Å². The number of amides is 1. The fourth-order valence-corrected chi connectivity index (χ4v) is 3.66. The van der Waals surface area contributed by atoms with Crippen molar-refractivity contribution in [3.8, 4) is 0 Å². The lowest BCUT2D eigenvalue weighted by molar-refractivity contribution is -0.146. The molecule has 1 atom stereocenters. The largest absolute Gasteiger partial charge is 0.481 e. The first-order chi connectivity index (χ1) is 11.8. The number of aliphatic carboxylic acids is 1. The Bertz CT molecular complexity index is 713. The number of aryl methyl sites for hydroxylation is 1. The number of nitrogens with zero attached hydrogens (tertiary/aromatic N) is 1. The number of carbonyl (C=O) groups is 2. The summed E-state index contributed by atoms with van der Waals surface area (Å²) in [4.78, 5) is 25.2. The third-order valence-electron chi connectivity index (χ3n) is 4.25. The van der Waals surface area contributed by atoms with Gasteiger partial charge in [0.15, 0.2) is 9.84 Å². The Morgan fingerprint density at radius 1 is 1.28 bits per heavy atom. The molecule has 138 valence electrons. The van der Waals surface area contributed by atoms with E-state index in [0.29, 0.717) is 19.6 Å². The fourth-order valence-electron chi connectivity index (χ4n) is 2.78. The van der Waals surface area contributed by atoms with Crippen LogP contribution in [0.25, 0.3) is 0 Å². The van der Waals surface area contributed by atoms with Crippen LogP contribution in [0.1, 0.15) is 25.3 Å². The predicted octanol–water partition coefficient (Wildman–Crippen LogP) is 1.11. The van der Waals surface area contributed by atoms with E-state index in [1.54, 1.807) is 36.1 Å². The summed E-state index contributed by atoms with van der Waals surface area (Å²) in [7, 11) is -3.23. The summed E-state index contributed by atoms with van der Waals surface area (Å²) in [5.74, 6) is -1.02. The molecule has 1 unspecified atom stereocenters. The van der Waals surface area contributed by atoms with Gasteiger partial charge < -0.3 is 14.7 Å². The Balaban J connectivity index is 1.95. The van der Waals surface area contributed by atoms with E-state index >= 15 is 0 Å². The predicted molar refractivity (Wildman–Crippen MR) is 91.1 cm³/mol. The molecule has 1 amide bonds. The van der Waals surface area contributed by atoms with Gasteiger partial charge in [-0.25, -0.2) is 8.42 Å². The van der Waals surface area contributed by atoms with Crippen molar-refractivity contribution in [2.45, 2.75) is 37.1 Å². The van der Waals surface area contributed by atoms with Crippen LogP contribution >= 0.6 is 0 Å². The lowest BCUT2D eigenvalue weighted by Gasteiger charge is -2.35. The third-order valence-corrected chi connectivity index (χ3v) is 6.00. The molecule has 7 nitrogen and oxygen atoms in total. The van der Waals surface area contributed by atoms with Crippen LogP contribution in [0, 0.1) is 0 Å². The Morgan fingerprint density at radius 3 is 2.56 bits per heavy atom. The van der Waals surface area contributed by atoms with Gasteiger partial charge in [-0.1, -0.05) is 19.1 Å². The fraction of sp³-hybridized carbons (Fsp3) is 0.529. The van der Waals surface area contributed by atoms with Gasteiger partial charge in [-0.05, 0) is 24.1 Å². The first-order valence-corrected chi connectivity index (χ1v) is 9.89. The van der Waals surface area contributed by atoms with Crippen molar-refractivity contribution in [1.29, 1.82) is 0 Å². The van der Waals surface area contributed by atoms with Crippen molar-refractivity contribution >= 4 is 21.7 Å². The van der Waals surface area contributed by atoms with E-state index in [1.807, 2.05) is 0 Å². The summed E-state index contributed by atoms with van der Waals surface area (Å²) >= 11 is 0. The first kappa shape index (κ1) is 19.4. The lowest BCUT2D eigenvalue weighted by atomic mass is 10.1. The van der Waals surface area contributed by atoms with E-state index in [9.17, 15) is 18.0 Å². The Labute approximate surface area is 147 Å². The molecule has 1 aromatic rings. The summed E-state index contributed by atoms with van der Waals surface area (Å²) in [6.45, 7) is 2.63. The van der Waals surface area contributed by atoms with Crippen molar-refractivity contribution in [2.24, 2.45) is 0 Å². The minimum Gasteiger partial charge on any atom is -0.481 e. The van der Waals surface area contributed by atoms with E-state index < -0.39 is 21.8 Å². The summed E-state index contributed by atoms with van der Waals surface area (Å²) < 4.78 is 28.8. The number of sulfone groups is 1. The molecule has 0 spiro atoms. The molecule has 1 aliphatic rings. The van der Waals surface area contributed by atoms with Crippen LogP contribution in [-0.2, 0) is 30.6 Å². The minimum atomic E-state index is -3.23. The van der Waals surface area contributed by atoms with E-state index in [4.69, 9.17) is 9.84 Å². The number of carbonyl (C=O) groups excluding carboxylic acids is 1. The summed E-state index contributed by atoms with van der Waals surface area (Å²) in [6, 6.07) is 6.10. The maximum absolute atomic E-state index is 12.4. The van der Waals surface area contributed by atoms with E-state index in [-0.39, 0.29) is 36.0 Å². The quantitative estimate of drug-likeness (QED) is 0.773. The normalized spacial score (nSPS) is 18.1. The number of hydrogen-bond acceptors (Lipinski definition) is 5. The molecule has 1 aromatic carbocycles. The van der Waals surface area contributed by atoms with Gasteiger partial charge in [0.05, 0.1) is 36.3 Å². The molecule has 25 heavy (non-hydrogen) atoms. The van der Waals surface area contributed by atoms with Gasteiger partial charge in [0.25, 0.3) is 0 Å². The molecule has 1 fully saturated rings. The molecule has 1 N–H and O–H groups in total. The number of benzene rings is 1. The van der Waals surface area contributed by atoms with E-state index in [2.05, 4.69) is 0 Å². The zero-order valence-corrected chi connectivity index (χ0v) is 15.0. The Morgan fingerprint density at radius 2 is 1.96 bits per heavy atom. The van der Waals surface area contributed by atoms with Crippen molar-refractivity contribution in [3.63, 3.8) is 0 Å². The molecule has 0 aromatic heterocycles. The maximum atomic E-state index is 12.4. The van der Waals surface area contributed by atoms with Crippen LogP contribution in [-0.4, -0.2) is 61.9 Å². The molecule has 1 saturated heterocycles. The SMILES string of the molecule is CCS(=O)(=O)c1ccc(CCC(=O)N2CCOCC2CC(=O)O)cc1. The molecule has 0 saturated carbocycles. The molecule has 8 heteroatoms. The van der Waals surface area contributed by atoms with Crippen molar-refractivity contribution in [2.75, 3.05) is 25.5 Å². The first-order valence-electron chi connectivity index (χ1n) is 8.24. The van der Waals surface area contributed by atoms with E-state index in [1.165, 1.54) is 0 Å². The highest BCUT2D eigenvalue weighted by molar-refractivity contribution is 7.91. The van der Waals surface area contributed by atoms with Gasteiger partial charge >= 0.3 is 5.97 Å². The average Bonchev–Trinajstić information content (AvgIpc) is 2.60. The second-order valence-electron chi connectivity index (χ2n) is 5.96. The zero-order valence-electron chi connectivity index (χ0n) is 14.2. The zero-order chi connectivity index (χ0) is 18.4. The minimum absolute atomic E-state index is 0.0484. The number of rotatable bonds is 7. The Kier molecular flexibility index (Phi) is 6.55. The molecule has 1 aliphatic heterocycles. The van der Waals surface area contributed by atoms with Gasteiger partial charge in [-0.15, -0.1) is 0 Å². The third kappa shape index (κ3) is 5.27. The molecule has 0 bridgehead atoms. The average molecular weight is 369 g/mol. The highest BCUT2D eigenvalue weighted by Gasteiger charge is 2.28. The van der Waals surface area contributed by atoms with Crippen LogP contribution in [0.2, 0.25) is 0 Å². The summed E-state index contributed by atoms with van der Waals surface area (Å²) in [5.41, 5.74) is 0.867. The van der Waals surface area contributed by atoms with Crippen LogP contribution in [0.4, 0.5) is 0 Å². The van der Waals surface area contributed by atoms with Gasteiger partial charge in [-0.3, -0.25) is 9.59 Å². The van der Waals surface area contributed by atoms with Crippen LogP contribution in [0.3, 0.4) is 0 Å². The second-order valence-corrected chi connectivity index (χ2v) is 8.24. The maximum Gasteiger partial charge on any atom is 0.305 e. The van der Waals surface area contributed by atoms with Gasteiger partial charge in [-0.2, -0.15) is 0 Å². The number of carboxylic acid groups (broad SMARTS) is 1. The molecule has 0 radical (unpaired) electrons. The Hall–Kier alpha value is -1.93. The highest BCUT2D eigenvalue weighted by Crippen LogP contribution is 2.16. The molecular formula is C17H23NO6S. The standard InChI is InChI=1S/C17H23NO6S/c1-2-25(22,23)15-6-3-13(4-7-15)5-8-16(19)18-9-10-24-12-14(18)11-17(20)21/h3-4,6-7,14H,2,5,8-12H2,1H3,(H,20,21). The van der Waals surface area contributed by atoms with Crippen LogP contribution < -0.4 is 0 Å². The van der Waals surface area contributed by atoms with Crippen molar-refractivity contribution in [3.05, 3.63) is 29.8 Å². The number of carboxylic acids is 1. The summed E-state index contributed by atoms with van der Waals surface area (Å²) in [6.07, 6.45) is 0.591. The highest BCUT2D eigenvalue weighted by atomic mass is 32.2. The second kappa shape index (κ2) is 8.44. The molecular weight excluding hydrogens is 346 g/mol. The lowest BCUT2D eigenvalue weighted by Crippen LogP contribution is -2.49.